The summed E-state index contributed by atoms with van der Waals surface area (Å²) in [6.07, 6.45) is 2.64. The highest BCUT2D eigenvalue weighted by atomic mass is 16.7. The quantitative estimate of drug-likeness (QED) is 0.691. The minimum atomic E-state index is -0.0948. The SMILES string of the molecule is C=CCOc1ccc(C(C)(C)c2ccc(OC3CCO3)cc2)cc1. The van der Waals surface area contributed by atoms with E-state index < -0.39 is 0 Å². The van der Waals surface area contributed by atoms with Gasteiger partial charge in [-0.25, -0.2) is 0 Å². The maximum absolute atomic E-state index is 5.73. The van der Waals surface area contributed by atoms with Crippen LogP contribution < -0.4 is 9.47 Å². The molecule has 3 heteroatoms. The molecule has 1 atom stereocenters. The van der Waals surface area contributed by atoms with E-state index in [2.05, 4.69) is 44.7 Å². The van der Waals surface area contributed by atoms with E-state index in [1.165, 1.54) is 11.1 Å². The average Bonchev–Trinajstić information content (AvgIpc) is 2.57. The second kappa shape index (κ2) is 7.10. The van der Waals surface area contributed by atoms with E-state index in [1.807, 2.05) is 24.3 Å². The van der Waals surface area contributed by atoms with Crippen molar-refractivity contribution >= 4 is 0 Å². The van der Waals surface area contributed by atoms with Gasteiger partial charge < -0.3 is 14.2 Å². The van der Waals surface area contributed by atoms with Gasteiger partial charge in [-0.2, -0.15) is 0 Å². The van der Waals surface area contributed by atoms with Gasteiger partial charge in [-0.05, 0) is 35.4 Å². The summed E-state index contributed by atoms with van der Waals surface area (Å²) in [6.45, 7) is 9.42. The molecule has 0 N–H and O–H groups in total. The van der Waals surface area contributed by atoms with Crippen LogP contribution in [-0.2, 0) is 10.2 Å². The Bertz CT molecular complexity index is 667. The molecule has 1 unspecified atom stereocenters. The van der Waals surface area contributed by atoms with Crippen LogP contribution in [-0.4, -0.2) is 19.5 Å². The molecule has 2 aromatic carbocycles. The molecule has 0 saturated carbocycles. The predicted octanol–water partition coefficient (Wildman–Crippen LogP) is 4.70. The molecule has 0 aliphatic carbocycles. The van der Waals surface area contributed by atoms with Crippen molar-refractivity contribution < 1.29 is 14.2 Å². The van der Waals surface area contributed by atoms with Crippen LogP contribution in [0.5, 0.6) is 11.5 Å². The summed E-state index contributed by atoms with van der Waals surface area (Å²) in [5, 5.41) is 0. The first-order valence-corrected chi connectivity index (χ1v) is 8.32. The van der Waals surface area contributed by atoms with Crippen LogP contribution in [0.25, 0.3) is 0 Å². The Labute approximate surface area is 143 Å². The summed E-state index contributed by atoms with van der Waals surface area (Å²) < 4.78 is 16.6. The molecule has 3 nitrogen and oxygen atoms in total. The smallest absolute Gasteiger partial charge is 0.202 e. The van der Waals surface area contributed by atoms with Gasteiger partial charge in [-0.15, -0.1) is 0 Å². The summed E-state index contributed by atoms with van der Waals surface area (Å²) >= 11 is 0. The Morgan fingerprint density at radius 1 is 1.04 bits per heavy atom. The molecule has 0 aromatic heterocycles. The molecule has 0 amide bonds. The maximum Gasteiger partial charge on any atom is 0.202 e. The molecule has 1 aliphatic rings. The standard InChI is InChI=1S/C21H24O3/c1-4-14-22-18-9-5-16(6-10-18)21(2,3)17-7-11-19(12-8-17)24-20-13-15-23-20/h4-12,20H,1,13-15H2,2-3H3. The van der Waals surface area contributed by atoms with E-state index >= 15 is 0 Å². The maximum atomic E-state index is 5.73. The van der Waals surface area contributed by atoms with Crippen molar-refractivity contribution in [3.05, 3.63) is 72.3 Å². The third-order valence-electron chi connectivity index (χ3n) is 4.44. The monoisotopic (exact) mass is 324 g/mol. The Kier molecular flexibility index (Phi) is 4.91. The lowest BCUT2D eigenvalue weighted by Crippen LogP contribution is -2.32. The highest BCUT2D eigenvalue weighted by Crippen LogP contribution is 2.33. The molecule has 0 radical (unpaired) electrons. The molecule has 126 valence electrons. The van der Waals surface area contributed by atoms with E-state index in [1.54, 1.807) is 6.08 Å². The van der Waals surface area contributed by atoms with Crippen LogP contribution in [0.15, 0.2) is 61.2 Å². The van der Waals surface area contributed by atoms with Crippen molar-refractivity contribution in [2.75, 3.05) is 13.2 Å². The second-order valence-corrected chi connectivity index (χ2v) is 6.48. The molecular weight excluding hydrogens is 300 g/mol. The Hall–Kier alpha value is -2.26. The molecule has 1 heterocycles. The van der Waals surface area contributed by atoms with Crippen molar-refractivity contribution in [3.63, 3.8) is 0 Å². The fourth-order valence-corrected chi connectivity index (χ4v) is 2.70. The van der Waals surface area contributed by atoms with E-state index in [0.717, 1.165) is 24.5 Å². The van der Waals surface area contributed by atoms with Gasteiger partial charge in [0, 0.05) is 11.8 Å². The largest absolute Gasteiger partial charge is 0.490 e. The Morgan fingerprint density at radius 2 is 1.58 bits per heavy atom. The molecule has 1 fully saturated rings. The average molecular weight is 324 g/mol. The fraction of sp³-hybridized carbons (Fsp3) is 0.333. The lowest BCUT2D eigenvalue weighted by atomic mass is 9.78. The van der Waals surface area contributed by atoms with Gasteiger partial charge in [0.25, 0.3) is 0 Å². The molecule has 2 aromatic rings. The van der Waals surface area contributed by atoms with Crippen molar-refractivity contribution in [3.8, 4) is 11.5 Å². The lowest BCUT2D eigenvalue weighted by Gasteiger charge is -2.28. The summed E-state index contributed by atoms with van der Waals surface area (Å²) in [5.74, 6) is 1.71. The van der Waals surface area contributed by atoms with Crippen LogP contribution in [0.2, 0.25) is 0 Å². The van der Waals surface area contributed by atoms with Crippen LogP contribution in [0.3, 0.4) is 0 Å². The predicted molar refractivity (Wildman–Crippen MR) is 95.7 cm³/mol. The van der Waals surface area contributed by atoms with Gasteiger partial charge in [0.05, 0.1) is 6.61 Å². The van der Waals surface area contributed by atoms with Crippen LogP contribution in [0, 0.1) is 0 Å². The van der Waals surface area contributed by atoms with E-state index in [0.29, 0.717) is 6.61 Å². The van der Waals surface area contributed by atoms with Gasteiger partial charge in [0.1, 0.15) is 18.1 Å². The zero-order valence-electron chi connectivity index (χ0n) is 14.3. The van der Waals surface area contributed by atoms with Crippen LogP contribution >= 0.6 is 0 Å². The number of benzene rings is 2. The Morgan fingerprint density at radius 3 is 2.04 bits per heavy atom. The highest BCUT2D eigenvalue weighted by Gasteiger charge is 2.24. The first kappa shape index (κ1) is 16.6. The zero-order valence-corrected chi connectivity index (χ0v) is 14.3. The normalized spacial score (nSPS) is 17.0. The van der Waals surface area contributed by atoms with Crippen molar-refractivity contribution in [2.45, 2.75) is 32.0 Å². The number of hydrogen-bond acceptors (Lipinski definition) is 3. The summed E-state index contributed by atoms with van der Waals surface area (Å²) in [6, 6.07) is 16.5. The van der Waals surface area contributed by atoms with Gasteiger partial charge in [0.15, 0.2) is 0 Å². The molecule has 0 bridgehead atoms. The molecule has 3 rings (SSSR count). The van der Waals surface area contributed by atoms with Gasteiger partial charge in [-0.3, -0.25) is 0 Å². The minimum absolute atomic E-state index is 0.0769. The van der Waals surface area contributed by atoms with Crippen molar-refractivity contribution in [1.29, 1.82) is 0 Å². The highest BCUT2D eigenvalue weighted by molar-refractivity contribution is 5.41. The van der Waals surface area contributed by atoms with Crippen LogP contribution in [0.4, 0.5) is 0 Å². The van der Waals surface area contributed by atoms with Crippen molar-refractivity contribution in [2.24, 2.45) is 0 Å². The summed E-state index contributed by atoms with van der Waals surface area (Å²) in [7, 11) is 0. The Balaban J connectivity index is 1.72. The molecular formula is C21H24O3. The second-order valence-electron chi connectivity index (χ2n) is 6.48. The van der Waals surface area contributed by atoms with E-state index in [9.17, 15) is 0 Å². The van der Waals surface area contributed by atoms with Crippen molar-refractivity contribution in [1.82, 2.24) is 0 Å². The summed E-state index contributed by atoms with van der Waals surface area (Å²) in [4.78, 5) is 0. The zero-order chi connectivity index (χ0) is 17.0. The lowest BCUT2D eigenvalue weighted by molar-refractivity contribution is -0.165. The number of rotatable bonds is 7. The first-order chi connectivity index (χ1) is 11.6. The molecule has 0 spiro atoms. The molecule has 1 saturated heterocycles. The number of hydrogen-bond donors (Lipinski definition) is 0. The van der Waals surface area contributed by atoms with Crippen LogP contribution in [0.1, 0.15) is 31.4 Å². The summed E-state index contributed by atoms with van der Waals surface area (Å²) in [5.41, 5.74) is 2.39. The first-order valence-electron chi connectivity index (χ1n) is 8.32. The molecule has 24 heavy (non-hydrogen) atoms. The third-order valence-corrected chi connectivity index (χ3v) is 4.44. The molecule has 1 aliphatic heterocycles. The fourth-order valence-electron chi connectivity index (χ4n) is 2.70. The van der Waals surface area contributed by atoms with Gasteiger partial charge in [-0.1, -0.05) is 50.8 Å². The topological polar surface area (TPSA) is 27.7 Å². The van der Waals surface area contributed by atoms with Gasteiger partial charge in [0.2, 0.25) is 6.29 Å². The minimum Gasteiger partial charge on any atom is -0.490 e. The van der Waals surface area contributed by atoms with Gasteiger partial charge >= 0.3 is 0 Å². The number of ether oxygens (including phenoxy) is 3. The van der Waals surface area contributed by atoms with E-state index in [-0.39, 0.29) is 11.7 Å². The third kappa shape index (κ3) is 3.62. The van der Waals surface area contributed by atoms with E-state index in [4.69, 9.17) is 14.2 Å².